The summed E-state index contributed by atoms with van der Waals surface area (Å²) in [6.07, 6.45) is 7.15. The number of esters is 2. The fourth-order valence-electron chi connectivity index (χ4n) is 6.62. The first-order valence-electron chi connectivity index (χ1n) is 16.2. The molecule has 44 heavy (non-hydrogen) atoms. The van der Waals surface area contributed by atoms with E-state index < -0.39 is 11.5 Å². The normalized spacial score (nSPS) is 20.7. The van der Waals surface area contributed by atoms with Crippen LogP contribution in [0.1, 0.15) is 94.7 Å². The molecule has 1 saturated heterocycles. The van der Waals surface area contributed by atoms with E-state index in [0.29, 0.717) is 42.6 Å². The van der Waals surface area contributed by atoms with E-state index in [-0.39, 0.29) is 18.5 Å². The molecule has 2 unspecified atom stereocenters. The summed E-state index contributed by atoms with van der Waals surface area (Å²) in [5.41, 5.74) is 5.11. The molecule has 232 valence electrons. The predicted octanol–water partition coefficient (Wildman–Crippen LogP) is 8.52. The van der Waals surface area contributed by atoms with Gasteiger partial charge in [-0.1, -0.05) is 63.3 Å². The van der Waals surface area contributed by atoms with Gasteiger partial charge in [0.2, 0.25) is 0 Å². The minimum atomic E-state index is -0.697. The first-order chi connectivity index (χ1) is 21.0. The van der Waals surface area contributed by atoms with E-state index in [1.165, 1.54) is 5.56 Å². The van der Waals surface area contributed by atoms with Gasteiger partial charge < -0.3 is 13.9 Å². The summed E-state index contributed by atoms with van der Waals surface area (Å²) in [6.45, 7) is 13.1. The maximum absolute atomic E-state index is 13.3. The zero-order chi connectivity index (χ0) is 31.4. The molecule has 0 radical (unpaired) electrons. The third-order valence-corrected chi connectivity index (χ3v) is 8.94. The van der Waals surface area contributed by atoms with Crippen LogP contribution in [0.5, 0.6) is 0 Å². The molecular weight excluding hydrogens is 548 g/mol. The molecule has 5 heteroatoms. The Morgan fingerprint density at radius 1 is 1.05 bits per heavy atom. The first kappa shape index (κ1) is 31.6. The fraction of sp³-hybridized carbons (Fsp3) is 0.487. The summed E-state index contributed by atoms with van der Waals surface area (Å²) in [4.78, 5) is 25.9. The van der Waals surface area contributed by atoms with Crippen LogP contribution in [0.15, 0.2) is 58.5 Å². The van der Waals surface area contributed by atoms with Crippen LogP contribution in [-0.4, -0.2) is 24.6 Å². The molecule has 1 aromatic heterocycles. The quantitative estimate of drug-likeness (QED) is 0.141. The number of hydrogen-bond acceptors (Lipinski definition) is 5. The highest BCUT2D eigenvalue weighted by Crippen LogP contribution is 2.41. The highest BCUT2D eigenvalue weighted by molar-refractivity contribution is 5.90. The van der Waals surface area contributed by atoms with Crippen molar-refractivity contribution >= 4 is 22.9 Å². The highest BCUT2D eigenvalue weighted by Gasteiger charge is 2.41. The number of allylic oxidation sites excluding steroid dienone is 1. The van der Waals surface area contributed by atoms with Crippen LogP contribution in [0.3, 0.4) is 0 Å². The molecule has 0 amide bonds. The Balaban J connectivity index is 1.19. The van der Waals surface area contributed by atoms with Crippen molar-refractivity contribution in [3.05, 3.63) is 82.1 Å². The van der Waals surface area contributed by atoms with Gasteiger partial charge in [-0.2, -0.15) is 0 Å². The van der Waals surface area contributed by atoms with Gasteiger partial charge in [0.1, 0.15) is 24.1 Å². The predicted molar refractivity (Wildman–Crippen MR) is 174 cm³/mol. The molecule has 0 bridgehead atoms. The maximum atomic E-state index is 13.3. The van der Waals surface area contributed by atoms with Crippen LogP contribution >= 0.6 is 0 Å². The molecule has 5 nitrogen and oxygen atoms in total. The Morgan fingerprint density at radius 2 is 1.73 bits per heavy atom. The molecule has 0 spiro atoms. The molecule has 1 fully saturated rings. The number of rotatable bonds is 9. The van der Waals surface area contributed by atoms with E-state index in [1.54, 1.807) is 0 Å². The standard InChI is InChI=1S/C39H46O5/c1-25(2)19-30(20-26(3)4)13-15-31-22-32(43-37(31)40)24-42-38(41)39(6)18-17-33-34-21-29(14-16-35(34)44-36(33)23-39)12-11-28-9-7-27(5)8-10-28/h7-10,14-16,21,25-26,30,32H,13,17-20,22-24H2,1-6H3/b31-15+. The SMILES string of the molecule is Cc1ccc(C#Cc2ccc3oc4c(c3c2)CCC(C)(C(=O)OCC2C/C(=C\CC(CC(C)C)CC(C)C)C(=O)O2)C4)cc1. The second-order valence-electron chi connectivity index (χ2n) is 14.0. The van der Waals surface area contributed by atoms with Crippen molar-refractivity contribution < 1.29 is 23.5 Å². The fourth-order valence-corrected chi connectivity index (χ4v) is 6.62. The summed E-state index contributed by atoms with van der Waals surface area (Å²) >= 11 is 0. The van der Waals surface area contributed by atoms with Gasteiger partial charge in [0.15, 0.2) is 0 Å². The molecule has 0 N–H and O–H groups in total. The second-order valence-corrected chi connectivity index (χ2v) is 14.0. The largest absolute Gasteiger partial charge is 0.461 e. The summed E-state index contributed by atoms with van der Waals surface area (Å²) < 4.78 is 17.6. The van der Waals surface area contributed by atoms with Crippen molar-refractivity contribution in [1.82, 2.24) is 0 Å². The van der Waals surface area contributed by atoms with Gasteiger partial charge in [-0.3, -0.25) is 4.79 Å². The van der Waals surface area contributed by atoms with Crippen LogP contribution in [-0.2, 0) is 31.9 Å². The number of hydrogen-bond donors (Lipinski definition) is 0. The molecule has 2 aromatic carbocycles. The average Bonchev–Trinajstić information content (AvgIpc) is 3.51. The van der Waals surface area contributed by atoms with Gasteiger partial charge in [-0.05, 0) is 94.0 Å². The third kappa shape index (κ3) is 7.65. The lowest BCUT2D eigenvalue weighted by Gasteiger charge is -2.30. The smallest absolute Gasteiger partial charge is 0.334 e. The molecule has 0 saturated carbocycles. The van der Waals surface area contributed by atoms with E-state index in [1.807, 2.05) is 31.2 Å². The summed E-state index contributed by atoms with van der Waals surface area (Å²) in [6, 6.07) is 14.2. The lowest BCUT2D eigenvalue weighted by Crippen LogP contribution is -2.36. The Hall–Kier alpha value is -3.78. The molecule has 1 aliphatic heterocycles. The molecule has 2 aliphatic rings. The third-order valence-electron chi connectivity index (χ3n) is 8.94. The number of carbonyl (C=O) groups is 2. The van der Waals surface area contributed by atoms with Crippen molar-refractivity contribution in [2.24, 2.45) is 23.2 Å². The lowest BCUT2D eigenvalue weighted by atomic mass is 9.75. The Labute approximate surface area is 262 Å². The molecule has 2 atom stereocenters. The number of fused-ring (bicyclic) bond motifs is 3. The van der Waals surface area contributed by atoms with E-state index >= 15 is 0 Å². The van der Waals surface area contributed by atoms with Crippen molar-refractivity contribution in [3.63, 3.8) is 0 Å². The first-order valence-corrected chi connectivity index (χ1v) is 16.2. The number of cyclic esters (lactones) is 1. The van der Waals surface area contributed by atoms with Gasteiger partial charge >= 0.3 is 11.9 Å². The average molecular weight is 595 g/mol. The van der Waals surface area contributed by atoms with E-state index in [2.05, 4.69) is 70.7 Å². The molecular formula is C39H46O5. The maximum Gasteiger partial charge on any atom is 0.334 e. The number of carbonyl (C=O) groups excluding carboxylic acids is 2. The van der Waals surface area contributed by atoms with Gasteiger partial charge in [0.05, 0.1) is 5.41 Å². The van der Waals surface area contributed by atoms with Crippen molar-refractivity contribution in [3.8, 4) is 11.8 Å². The van der Waals surface area contributed by atoms with Crippen LogP contribution in [0, 0.1) is 41.9 Å². The Bertz CT molecular complexity index is 1580. The van der Waals surface area contributed by atoms with E-state index in [4.69, 9.17) is 13.9 Å². The van der Waals surface area contributed by atoms with Crippen molar-refractivity contribution in [2.45, 2.75) is 92.6 Å². The number of ether oxygens (including phenoxy) is 2. The van der Waals surface area contributed by atoms with Gasteiger partial charge in [-0.15, -0.1) is 0 Å². The molecule has 1 aliphatic carbocycles. The Kier molecular flexibility index (Phi) is 9.68. The topological polar surface area (TPSA) is 65.7 Å². The van der Waals surface area contributed by atoms with E-state index in [9.17, 15) is 9.59 Å². The van der Waals surface area contributed by atoms with Crippen LogP contribution in [0.2, 0.25) is 0 Å². The zero-order valence-electron chi connectivity index (χ0n) is 27.1. The number of benzene rings is 2. The lowest BCUT2D eigenvalue weighted by molar-refractivity contribution is -0.161. The summed E-state index contributed by atoms with van der Waals surface area (Å²) in [5, 5.41) is 1.06. The van der Waals surface area contributed by atoms with Crippen molar-refractivity contribution in [1.29, 1.82) is 0 Å². The minimum Gasteiger partial charge on any atom is -0.461 e. The van der Waals surface area contributed by atoms with E-state index in [0.717, 1.165) is 59.1 Å². The highest BCUT2D eigenvalue weighted by atomic mass is 16.6. The Morgan fingerprint density at radius 3 is 2.43 bits per heavy atom. The number of furan rings is 1. The van der Waals surface area contributed by atoms with Crippen LogP contribution < -0.4 is 0 Å². The second kappa shape index (κ2) is 13.5. The van der Waals surface area contributed by atoms with Gasteiger partial charge in [0, 0.05) is 40.5 Å². The summed E-state index contributed by atoms with van der Waals surface area (Å²) in [7, 11) is 0. The van der Waals surface area contributed by atoms with Crippen LogP contribution in [0.25, 0.3) is 11.0 Å². The van der Waals surface area contributed by atoms with Gasteiger partial charge in [-0.25, -0.2) is 4.79 Å². The molecule has 2 heterocycles. The van der Waals surface area contributed by atoms with Gasteiger partial charge in [0.25, 0.3) is 0 Å². The number of aryl methyl sites for hydroxylation is 2. The minimum absolute atomic E-state index is 0.0783. The monoisotopic (exact) mass is 594 g/mol. The molecule has 3 aromatic rings. The van der Waals surface area contributed by atoms with Crippen LogP contribution in [0.4, 0.5) is 0 Å². The zero-order valence-corrected chi connectivity index (χ0v) is 27.1. The summed E-state index contributed by atoms with van der Waals surface area (Å²) in [5.74, 6) is 8.61. The molecule has 5 rings (SSSR count). The van der Waals surface area contributed by atoms with Crippen molar-refractivity contribution in [2.75, 3.05) is 6.61 Å².